The second kappa shape index (κ2) is 9.87. The lowest BCUT2D eigenvalue weighted by Crippen LogP contribution is -2.54. The van der Waals surface area contributed by atoms with E-state index < -0.39 is 5.41 Å². The van der Waals surface area contributed by atoms with Gasteiger partial charge in [-0.15, -0.1) is 0 Å². The van der Waals surface area contributed by atoms with Crippen LogP contribution in [-0.2, 0) is 10.8 Å². The zero-order chi connectivity index (χ0) is 30.0. The monoisotopic (exact) mass is 578 g/mol. The van der Waals surface area contributed by atoms with Gasteiger partial charge in [0.1, 0.15) is 5.82 Å². The third-order valence-corrected chi connectivity index (χ3v) is 10.7. The number of hydrogen-bond donors (Lipinski definition) is 0. The maximum absolute atomic E-state index is 14.2. The van der Waals surface area contributed by atoms with Crippen molar-refractivity contribution in [3.05, 3.63) is 221 Å². The molecule has 3 aliphatic rings. The van der Waals surface area contributed by atoms with Crippen LogP contribution in [0.5, 0.6) is 0 Å². The van der Waals surface area contributed by atoms with Gasteiger partial charge in [0.15, 0.2) is 0 Å². The fraction of sp³-hybridized carbons (Fsp3) is 0.0909. The molecule has 0 heterocycles. The highest BCUT2D eigenvalue weighted by molar-refractivity contribution is 5.88. The average molecular weight is 579 g/mol. The van der Waals surface area contributed by atoms with Crippen molar-refractivity contribution in [1.29, 1.82) is 0 Å². The Balaban J connectivity index is 1.48. The van der Waals surface area contributed by atoms with Crippen molar-refractivity contribution < 1.29 is 4.39 Å². The molecule has 0 spiro atoms. The summed E-state index contributed by atoms with van der Waals surface area (Å²) in [5, 5.41) is 0. The second-order valence-corrected chi connectivity index (χ2v) is 12.5. The molecular weight excluding hydrogens is 547 g/mol. The van der Waals surface area contributed by atoms with Crippen LogP contribution in [0, 0.1) is 17.7 Å². The molecule has 0 aliphatic heterocycles. The lowest BCUT2D eigenvalue weighted by atomic mass is 9.44. The molecule has 4 unspecified atom stereocenters. The number of benzene rings is 6. The van der Waals surface area contributed by atoms with E-state index in [1.54, 1.807) is 12.1 Å². The lowest BCUT2D eigenvalue weighted by molar-refractivity contribution is 0.267. The van der Waals surface area contributed by atoms with Crippen LogP contribution in [0.2, 0.25) is 0 Å². The average Bonchev–Trinajstić information content (AvgIpc) is 3.42. The highest BCUT2D eigenvalue weighted by Crippen LogP contribution is 2.70. The van der Waals surface area contributed by atoms with Crippen molar-refractivity contribution in [3.8, 4) is 11.1 Å². The molecule has 0 nitrogen and oxygen atoms in total. The van der Waals surface area contributed by atoms with Crippen molar-refractivity contribution in [2.24, 2.45) is 11.8 Å². The predicted molar refractivity (Wildman–Crippen MR) is 181 cm³/mol. The van der Waals surface area contributed by atoms with Crippen molar-refractivity contribution in [1.82, 2.24) is 0 Å². The smallest absolute Gasteiger partial charge is 0.123 e. The van der Waals surface area contributed by atoms with Gasteiger partial charge in [0.25, 0.3) is 0 Å². The molecule has 6 aromatic carbocycles. The highest BCUT2D eigenvalue weighted by atomic mass is 19.1. The molecule has 0 saturated heterocycles. The summed E-state index contributed by atoms with van der Waals surface area (Å²) in [5.74, 6) is 0.0149. The molecule has 45 heavy (non-hydrogen) atoms. The summed E-state index contributed by atoms with van der Waals surface area (Å²) >= 11 is 0. The highest BCUT2D eigenvalue weighted by Gasteiger charge is 2.64. The van der Waals surface area contributed by atoms with Crippen LogP contribution in [-0.4, -0.2) is 0 Å². The van der Waals surface area contributed by atoms with Crippen molar-refractivity contribution in [2.75, 3.05) is 0 Å². The Kier molecular flexibility index (Phi) is 5.74. The van der Waals surface area contributed by atoms with Gasteiger partial charge < -0.3 is 0 Å². The molecule has 6 aromatic rings. The van der Waals surface area contributed by atoms with Gasteiger partial charge in [0.2, 0.25) is 0 Å². The van der Waals surface area contributed by atoms with E-state index in [0.29, 0.717) is 0 Å². The SMILES string of the molecule is Fc1ccc(-c2ccccc2C2(c3ccccc3)c3ccccc3C3(c4ccccc4)c4ccccc4C4=CC=CC2C43)cc1. The summed E-state index contributed by atoms with van der Waals surface area (Å²) in [6.45, 7) is 0. The van der Waals surface area contributed by atoms with Crippen LogP contribution < -0.4 is 0 Å². The molecule has 0 amide bonds. The molecule has 4 atom stereocenters. The van der Waals surface area contributed by atoms with Gasteiger partial charge in [0.05, 0.1) is 10.8 Å². The fourth-order valence-electron chi connectivity index (χ4n) is 9.18. The molecular formula is C44H31F. The van der Waals surface area contributed by atoms with Crippen LogP contribution in [0.3, 0.4) is 0 Å². The third kappa shape index (κ3) is 3.41. The van der Waals surface area contributed by atoms with Crippen molar-refractivity contribution in [3.63, 3.8) is 0 Å². The molecule has 3 aliphatic carbocycles. The van der Waals surface area contributed by atoms with E-state index in [0.717, 1.165) is 11.1 Å². The fourth-order valence-corrected chi connectivity index (χ4v) is 9.18. The first-order valence-electron chi connectivity index (χ1n) is 15.8. The van der Waals surface area contributed by atoms with E-state index in [-0.39, 0.29) is 23.1 Å². The minimum Gasteiger partial charge on any atom is -0.207 e. The predicted octanol–water partition coefficient (Wildman–Crippen LogP) is 10.4. The Morgan fingerprint density at radius 3 is 1.58 bits per heavy atom. The maximum Gasteiger partial charge on any atom is 0.123 e. The van der Waals surface area contributed by atoms with Crippen LogP contribution >= 0.6 is 0 Å². The van der Waals surface area contributed by atoms with E-state index in [1.165, 1.54) is 44.5 Å². The van der Waals surface area contributed by atoms with Gasteiger partial charge >= 0.3 is 0 Å². The first-order valence-corrected chi connectivity index (χ1v) is 15.8. The zero-order valence-corrected chi connectivity index (χ0v) is 24.8. The van der Waals surface area contributed by atoms with Gasteiger partial charge in [-0.3, -0.25) is 0 Å². The van der Waals surface area contributed by atoms with E-state index in [2.05, 4.69) is 152 Å². The minimum atomic E-state index is -0.524. The number of rotatable bonds is 4. The van der Waals surface area contributed by atoms with Gasteiger partial charge in [-0.2, -0.15) is 0 Å². The van der Waals surface area contributed by atoms with Crippen LogP contribution in [0.1, 0.15) is 38.9 Å². The zero-order valence-electron chi connectivity index (χ0n) is 24.8. The number of allylic oxidation sites excluding steroid dienone is 4. The summed E-state index contributed by atoms with van der Waals surface area (Å²) in [4.78, 5) is 0. The molecule has 9 rings (SSSR count). The second-order valence-electron chi connectivity index (χ2n) is 12.5. The van der Waals surface area contributed by atoms with Gasteiger partial charge in [0, 0.05) is 11.8 Å². The quantitative estimate of drug-likeness (QED) is 0.195. The summed E-state index contributed by atoms with van der Waals surface area (Å²) in [7, 11) is 0. The first-order chi connectivity index (χ1) is 22.3. The van der Waals surface area contributed by atoms with E-state index in [1.807, 2.05) is 12.1 Å². The van der Waals surface area contributed by atoms with Crippen LogP contribution in [0.15, 0.2) is 176 Å². The van der Waals surface area contributed by atoms with E-state index in [4.69, 9.17) is 0 Å². The number of halogens is 1. The van der Waals surface area contributed by atoms with Crippen molar-refractivity contribution in [2.45, 2.75) is 10.8 Å². The van der Waals surface area contributed by atoms with E-state index in [9.17, 15) is 4.39 Å². The van der Waals surface area contributed by atoms with Gasteiger partial charge in [-0.25, -0.2) is 4.39 Å². The normalized spacial score (nSPS) is 23.9. The topological polar surface area (TPSA) is 0 Å². The Hall–Kier alpha value is -5.27. The molecule has 214 valence electrons. The summed E-state index contributed by atoms with van der Waals surface area (Å²) in [5.41, 5.74) is 11.9. The summed E-state index contributed by atoms with van der Waals surface area (Å²) in [6, 6.07) is 56.3. The molecule has 0 saturated carbocycles. The lowest BCUT2D eigenvalue weighted by Gasteiger charge is -2.57. The summed E-state index contributed by atoms with van der Waals surface area (Å²) in [6.07, 6.45) is 7.13. The van der Waals surface area contributed by atoms with E-state index >= 15 is 0 Å². The van der Waals surface area contributed by atoms with Crippen LogP contribution in [0.25, 0.3) is 16.7 Å². The molecule has 1 heteroatoms. The standard InChI is InChI=1S/C44H31F/c45-33-28-26-30(27-29-33)34-18-7-9-21-37(34)43(31-14-3-1-4-15-31)39-23-11-12-24-40(39)44(32-16-5-2-6-17-32)38-22-10-8-19-35(38)36-20-13-25-41(43)42(36)44/h1-29,41-42H. The Bertz CT molecular complexity index is 2120. The molecule has 0 aromatic heterocycles. The minimum absolute atomic E-state index is 0.0870. The number of hydrogen-bond acceptors (Lipinski definition) is 0. The van der Waals surface area contributed by atoms with Gasteiger partial charge in [-0.05, 0) is 67.8 Å². The molecule has 0 fully saturated rings. The summed E-state index contributed by atoms with van der Waals surface area (Å²) < 4.78 is 14.2. The number of fused-ring (bicyclic) bond motifs is 5. The maximum atomic E-state index is 14.2. The Labute approximate surface area is 263 Å². The molecule has 0 radical (unpaired) electrons. The van der Waals surface area contributed by atoms with Gasteiger partial charge in [-0.1, -0.05) is 164 Å². The molecule has 0 N–H and O–H groups in total. The first kappa shape index (κ1) is 26.2. The Morgan fingerprint density at radius 1 is 0.444 bits per heavy atom. The van der Waals surface area contributed by atoms with Crippen LogP contribution in [0.4, 0.5) is 4.39 Å². The Morgan fingerprint density at radius 2 is 0.933 bits per heavy atom. The van der Waals surface area contributed by atoms with Crippen molar-refractivity contribution >= 4 is 5.57 Å². The third-order valence-electron chi connectivity index (χ3n) is 10.7. The largest absolute Gasteiger partial charge is 0.207 e. The molecule has 0 bridgehead atoms.